The van der Waals surface area contributed by atoms with Crippen LogP contribution in [0.25, 0.3) is 0 Å². The fraction of sp³-hybridized carbons (Fsp3) is 0.652. The van der Waals surface area contributed by atoms with E-state index in [-0.39, 0.29) is 23.3 Å². The Balaban J connectivity index is 1.28. The highest BCUT2D eigenvalue weighted by molar-refractivity contribution is 5.97. The van der Waals surface area contributed by atoms with Gasteiger partial charge in [-0.3, -0.25) is 9.59 Å². The molecule has 5 fully saturated rings. The Bertz CT molecular complexity index is 801. The van der Waals surface area contributed by atoms with E-state index in [1.807, 2.05) is 18.2 Å². The molecule has 1 aliphatic heterocycles. The average molecular weight is 399 g/mol. The summed E-state index contributed by atoms with van der Waals surface area (Å²) in [6, 6.07) is 5.36. The van der Waals surface area contributed by atoms with Crippen LogP contribution in [0.2, 0.25) is 0 Å². The number of ether oxygens (including phenoxy) is 2. The highest BCUT2D eigenvalue weighted by atomic mass is 16.5. The van der Waals surface area contributed by atoms with Crippen molar-refractivity contribution in [3.05, 3.63) is 18.2 Å². The van der Waals surface area contributed by atoms with Gasteiger partial charge in [-0.15, -0.1) is 0 Å². The van der Waals surface area contributed by atoms with Crippen LogP contribution in [0, 0.1) is 23.2 Å². The number of carbonyl (C=O) groups is 2. The monoisotopic (exact) mass is 398 g/mol. The van der Waals surface area contributed by atoms with Crippen LogP contribution < -0.4 is 19.7 Å². The molecule has 2 amide bonds. The summed E-state index contributed by atoms with van der Waals surface area (Å²) < 4.78 is 10.7. The van der Waals surface area contributed by atoms with Gasteiger partial charge in [0, 0.05) is 30.1 Å². The van der Waals surface area contributed by atoms with Gasteiger partial charge < -0.3 is 19.7 Å². The predicted molar refractivity (Wildman–Crippen MR) is 109 cm³/mol. The second-order valence-electron chi connectivity index (χ2n) is 9.62. The summed E-state index contributed by atoms with van der Waals surface area (Å²) in [5, 5.41) is 3.26. The topological polar surface area (TPSA) is 67.9 Å². The molecule has 6 nitrogen and oxygen atoms in total. The number of nitrogens with one attached hydrogen (secondary N) is 1. The molecule has 0 aromatic heterocycles. The van der Waals surface area contributed by atoms with Gasteiger partial charge in [0.2, 0.25) is 11.8 Å². The van der Waals surface area contributed by atoms with E-state index >= 15 is 0 Å². The first-order chi connectivity index (χ1) is 14.0. The first-order valence-corrected chi connectivity index (χ1v) is 10.8. The van der Waals surface area contributed by atoms with Crippen molar-refractivity contribution in [1.82, 2.24) is 5.32 Å². The lowest BCUT2D eigenvalue weighted by Crippen LogP contribution is -2.55. The second kappa shape index (κ2) is 6.92. The van der Waals surface area contributed by atoms with Gasteiger partial charge in [0.15, 0.2) is 11.5 Å². The van der Waals surface area contributed by atoms with Crippen LogP contribution >= 0.6 is 0 Å². The summed E-state index contributed by atoms with van der Waals surface area (Å²) >= 11 is 0. The smallest absolute Gasteiger partial charge is 0.229 e. The van der Waals surface area contributed by atoms with E-state index in [1.165, 1.54) is 19.3 Å². The van der Waals surface area contributed by atoms with Crippen LogP contribution in [0.5, 0.6) is 11.5 Å². The maximum absolute atomic E-state index is 13.3. The first-order valence-electron chi connectivity index (χ1n) is 10.8. The van der Waals surface area contributed by atoms with Gasteiger partial charge in [-0.05, 0) is 68.4 Å². The van der Waals surface area contributed by atoms with Crippen molar-refractivity contribution >= 4 is 17.5 Å². The number of anilines is 1. The third-order valence-electron chi connectivity index (χ3n) is 7.66. The van der Waals surface area contributed by atoms with Gasteiger partial charge in [-0.2, -0.15) is 0 Å². The Morgan fingerprint density at radius 3 is 2.24 bits per heavy atom. The fourth-order valence-electron chi connectivity index (χ4n) is 6.77. The second-order valence-corrected chi connectivity index (χ2v) is 9.62. The Morgan fingerprint density at radius 1 is 1.03 bits per heavy atom. The van der Waals surface area contributed by atoms with Gasteiger partial charge >= 0.3 is 0 Å². The van der Waals surface area contributed by atoms with Crippen LogP contribution in [0.1, 0.15) is 44.9 Å². The van der Waals surface area contributed by atoms with E-state index in [1.54, 1.807) is 19.1 Å². The molecule has 6 heteroatoms. The summed E-state index contributed by atoms with van der Waals surface area (Å²) in [6.45, 7) is 0.506. The van der Waals surface area contributed by atoms with Crippen molar-refractivity contribution < 1.29 is 19.1 Å². The van der Waals surface area contributed by atoms with Crippen molar-refractivity contribution in [2.75, 3.05) is 25.7 Å². The van der Waals surface area contributed by atoms with E-state index in [0.29, 0.717) is 24.5 Å². The molecule has 0 spiro atoms. The summed E-state index contributed by atoms with van der Waals surface area (Å²) in [5.41, 5.74) is 0.605. The van der Waals surface area contributed by atoms with Gasteiger partial charge in [-0.25, -0.2) is 0 Å². The van der Waals surface area contributed by atoms with Gasteiger partial charge in [-0.1, -0.05) is 0 Å². The summed E-state index contributed by atoms with van der Waals surface area (Å²) in [7, 11) is 3.18. The van der Waals surface area contributed by atoms with Crippen LogP contribution in [0.3, 0.4) is 0 Å². The molecule has 4 aliphatic carbocycles. The Morgan fingerprint density at radius 2 is 1.66 bits per heavy atom. The molecule has 4 bridgehead atoms. The predicted octanol–water partition coefficient (Wildman–Crippen LogP) is 3.14. The highest BCUT2D eigenvalue weighted by Crippen LogP contribution is 2.60. The molecule has 156 valence electrons. The molecule has 29 heavy (non-hydrogen) atoms. The zero-order valence-electron chi connectivity index (χ0n) is 17.3. The number of rotatable bonds is 5. The zero-order valence-corrected chi connectivity index (χ0v) is 17.3. The minimum Gasteiger partial charge on any atom is -0.493 e. The molecule has 0 radical (unpaired) electrons. The third kappa shape index (κ3) is 3.17. The molecular formula is C23H30N2O4. The van der Waals surface area contributed by atoms with Crippen LogP contribution in [-0.4, -0.2) is 38.6 Å². The van der Waals surface area contributed by atoms with E-state index in [2.05, 4.69) is 5.32 Å². The number of hydrogen-bond acceptors (Lipinski definition) is 4. The Hall–Kier alpha value is -2.24. The van der Waals surface area contributed by atoms with E-state index in [9.17, 15) is 9.59 Å². The number of carbonyl (C=O) groups excluding carboxylic acids is 2. The molecule has 1 heterocycles. The van der Waals surface area contributed by atoms with Crippen molar-refractivity contribution in [2.45, 2.75) is 51.0 Å². The quantitative estimate of drug-likeness (QED) is 0.827. The van der Waals surface area contributed by atoms with Crippen molar-refractivity contribution in [2.24, 2.45) is 23.2 Å². The largest absolute Gasteiger partial charge is 0.493 e. The molecule has 1 atom stereocenters. The van der Waals surface area contributed by atoms with Gasteiger partial charge in [0.05, 0.1) is 20.3 Å². The Labute approximate surface area is 171 Å². The van der Waals surface area contributed by atoms with Gasteiger partial charge in [0.25, 0.3) is 0 Å². The molecule has 0 unspecified atom stereocenters. The summed E-state index contributed by atoms with van der Waals surface area (Å²) in [6.07, 6.45) is 7.46. The molecule has 6 rings (SSSR count). The van der Waals surface area contributed by atoms with E-state index in [0.717, 1.165) is 42.7 Å². The lowest BCUT2D eigenvalue weighted by atomic mass is 9.49. The number of methoxy groups -OCH3 is 2. The molecule has 1 saturated heterocycles. The maximum atomic E-state index is 13.3. The molecule has 1 aromatic rings. The lowest BCUT2D eigenvalue weighted by Gasteiger charge is -2.55. The number of benzene rings is 1. The fourth-order valence-corrected chi connectivity index (χ4v) is 6.77. The summed E-state index contributed by atoms with van der Waals surface area (Å²) in [5.74, 6) is 3.67. The molecule has 1 aromatic carbocycles. The minimum absolute atomic E-state index is 0.0352. The number of hydrogen-bond donors (Lipinski definition) is 1. The highest BCUT2D eigenvalue weighted by Gasteiger charge is 2.55. The standard InChI is InChI=1S/C23H30N2O4/c1-28-19-4-3-18(9-20(19)29-2)25-13-17(8-21(25)26)24-22(27)23-10-14-5-15(11-23)7-16(6-14)12-23/h3-4,9,14-17H,5-8,10-13H2,1-2H3,(H,24,27)/t14?,15?,16?,17-,23?/m1/s1. The SMILES string of the molecule is COc1ccc(N2C[C@H](NC(=O)C34CC5CC(CC(C5)C3)C4)CC2=O)cc1OC. The van der Waals surface area contributed by atoms with Crippen molar-refractivity contribution in [3.8, 4) is 11.5 Å². The van der Waals surface area contributed by atoms with Crippen molar-refractivity contribution in [3.63, 3.8) is 0 Å². The normalized spacial score (nSPS) is 35.1. The van der Waals surface area contributed by atoms with Crippen LogP contribution in [-0.2, 0) is 9.59 Å². The number of nitrogens with zero attached hydrogens (tertiary/aromatic N) is 1. The first kappa shape index (κ1) is 18.8. The van der Waals surface area contributed by atoms with Crippen LogP contribution in [0.15, 0.2) is 18.2 Å². The maximum Gasteiger partial charge on any atom is 0.229 e. The van der Waals surface area contributed by atoms with E-state index in [4.69, 9.17) is 9.47 Å². The minimum atomic E-state index is -0.172. The van der Waals surface area contributed by atoms with E-state index < -0.39 is 0 Å². The summed E-state index contributed by atoms with van der Waals surface area (Å²) in [4.78, 5) is 27.7. The third-order valence-corrected chi connectivity index (χ3v) is 7.66. The Kier molecular flexibility index (Phi) is 4.48. The molecule has 4 saturated carbocycles. The van der Waals surface area contributed by atoms with Gasteiger partial charge in [0.1, 0.15) is 0 Å². The molecular weight excluding hydrogens is 368 g/mol. The molecule has 5 aliphatic rings. The molecule has 1 N–H and O–H groups in total. The number of amides is 2. The van der Waals surface area contributed by atoms with Crippen LogP contribution in [0.4, 0.5) is 5.69 Å². The van der Waals surface area contributed by atoms with Crippen molar-refractivity contribution in [1.29, 1.82) is 0 Å². The lowest BCUT2D eigenvalue weighted by molar-refractivity contribution is -0.146. The zero-order chi connectivity index (χ0) is 20.2. The average Bonchev–Trinajstić information content (AvgIpc) is 3.06.